The molecule has 0 spiro atoms. The van der Waals surface area contributed by atoms with Gasteiger partial charge in [-0.15, -0.1) is 4.40 Å². The van der Waals surface area contributed by atoms with Crippen LogP contribution in [-0.4, -0.2) is 36.3 Å². The number of nitrogens with zero attached hydrogens (tertiary/aromatic N) is 1. The first kappa shape index (κ1) is 15.9. The number of esters is 1. The third-order valence-corrected chi connectivity index (χ3v) is 5.83. The molecule has 0 atom stereocenters. The molecule has 2 aromatic rings. The third kappa shape index (κ3) is 3.20. The number of aromatic nitrogens is 1. The Morgan fingerprint density at radius 2 is 2.22 bits per heavy atom. The summed E-state index contributed by atoms with van der Waals surface area (Å²) in [5, 5.41) is 0.612. The van der Waals surface area contributed by atoms with Crippen LogP contribution in [-0.2, 0) is 14.8 Å². The van der Waals surface area contributed by atoms with Crippen LogP contribution in [0.25, 0.3) is 10.9 Å². The van der Waals surface area contributed by atoms with Gasteiger partial charge in [-0.05, 0) is 43.8 Å². The van der Waals surface area contributed by atoms with E-state index in [0.717, 1.165) is 17.3 Å². The van der Waals surface area contributed by atoms with Gasteiger partial charge in [0.1, 0.15) is 10.8 Å². The fourth-order valence-corrected chi connectivity index (χ4v) is 4.46. The van der Waals surface area contributed by atoms with Crippen LogP contribution in [0.3, 0.4) is 0 Å². The Morgan fingerprint density at radius 3 is 2.87 bits per heavy atom. The van der Waals surface area contributed by atoms with E-state index in [0.29, 0.717) is 22.4 Å². The number of carbonyl (C=O) groups excluding carboxylic acids is 1. The molecular formula is C14H14N2O5S2. The molecule has 0 saturated heterocycles. The summed E-state index contributed by atoms with van der Waals surface area (Å²) in [6.45, 7) is 3.81. The zero-order chi connectivity index (χ0) is 16.6. The van der Waals surface area contributed by atoms with E-state index in [9.17, 15) is 13.2 Å². The van der Waals surface area contributed by atoms with Gasteiger partial charge in [0.05, 0.1) is 12.2 Å². The summed E-state index contributed by atoms with van der Waals surface area (Å²) in [7, 11) is -3.44. The highest BCUT2D eigenvalue weighted by atomic mass is 32.3. The average Bonchev–Trinajstić information content (AvgIpc) is 2.97. The lowest BCUT2D eigenvalue weighted by Crippen LogP contribution is -2.05. The fraction of sp³-hybridized carbons (Fsp3) is 0.286. The molecule has 2 heterocycles. The summed E-state index contributed by atoms with van der Waals surface area (Å²) in [6, 6.07) is 5.11. The maximum Gasteiger partial charge on any atom is 0.340 e. The molecule has 1 N–H and O–H groups in total. The molecule has 0 aliphatic carbocycles. The van der Waals surface area contributed by atoms with Crippen molar-refractivity contribution in [3.63, 3.8) is 0 Å². The van der Waals surface area contributed by atoms with Gasteiger partial charge in [0.15, 0.2) is 0 Å². The Bertz CT molecular complexity index is 915. The van der Waals surface area contributed by atoms with Crippen molar-refractivity contribution in [1.82, 2.24) is 4.98 Å². The van der Waals surface area contributed by atoms with Crippen molar-refractivity contribution in [3.05, 3.63) is 29.5 Å². The van der Waals surface area contributed by atoms with E-state index in [2.05, 4.69) is 9.38 Å². The van der Waals surface area contributed by atoms with Crippen molar-refractivity contribution in [3.8, 4) is 5.75 Å². The van der Waals surface area contributed by atoms with Crippen molar-refractivity contribution < 1.29 is 22.7 Å². The van der Waals surface area contributed by atoms with Gasteiger partial charge in [-0.2, -0.15) is 0 Å². The molecule has 0 radical (unpaired) electrons. The molecule has 0 amide bonds. The number of benzene rings is 1. The summed E-state index contributed by atoms with van der Waals surface area (Å²) < 4.78 is 36.7. The minimum atomic E-state index is -3.44. The Morgan fingerprint density at radius 1 is 1.43 bits per heavy atom. The van der Waals surface area contributed by atoms with Crippen molar-refractivity contribution in [2.45, 2.75) is 13.8 Å². The van der Waals surface area contributed by atoms with E-state index in [4.69, 9.17) is 9.47 Å². The first-order valence-corrected chi connectivity index (χ1v) is 9.42. The molecule has 9 heteroatoms. The number of rotatable bonds is 3. The number of nitrogens with one attached hydrogen (secondary N) is 1. The summed E-state index contributed by atoms with van der Waals surface area (Å²) >= 11 is 1.01. The second-order valence-corrected chi connectivity index (χ2v) is 7.78. The number of carbonyl (C=O) groups is 1. The number of ether oxygens (including phenoxy) is 2. The van der Waals surface area contributed by atoms with Gasteiger partial charge in [0.2, 0.25) is 0 Å². The van der Waals surface area contributed by atoms with E-state index < -0.39 is 16.0 Å². The van der Waals surface area contributed by atoms with Crippen LogP contribution < -0.4 is 4.74 Å². The topological polar surface area (TPSA) is 97.8 Å². The van der Waals surface area contributed by atoms with Crippen LogP contribution in [0.1, 0.15) is 23.0 Å². The summed E-state index contributed by atoms with van der Waals surface area (Å²) in [6.07, 6.45) is 0. The van der Waals surface area contributed by atoms with Gasteiger partial charge in [0.25, 0.3) is 15.3 Å². The molecule has 23 heavy (non-hydrogen) atoms. The van der Waals surface area contributed by atoms with Crippen molar-refractivity contribution in [1.29, 1.82) is 0 Å². The molecule has 7 nitrogen and oxygen atoms in total. The molecule has 1 aromatic carbocycles. The number of H-pyrrole nitrogens is 1. The van der Waals surface area contributed by atoms with E-state index in [1.54, 1.807) is 32.0 Å². The number of hydrogen-bond donors (Lipinski definition) is 1. The highest BCUT2D eigenvalue weighted by Crippen LogP contribution is 2.29. The summed E-state index contributed by atoms with van der Waals surface area (Å²) in [5.74, 6) is -0.00559. The van der Waals surface area contributed by atoms with Crippen molar-refractivity contribution >= 4 is 43.9 Å². The molecule has 0 bridgehead atoms. The molecule has 3 rings (SSSR count). The second kappa shape index (κ2) is 5.89. The van der Waals surface area contributed by atoms with Crippen molar-refractivity contribution in [2.75, 3.05) is 11.7 Å². The number of hydrogen-bond acceptors (Lipinski definition) is 6. The monoisotopic (exact) mass is 354 g/mol. The maximum atomic E-state index is 12.1. The lowest BCUT2D eigenvalue weighted by Gasteiger charge is -2.05. The highest BCUT2D eigenvalue weighted by Gasteiger charge is 2.23. The third-order valence-electron chi connectivity index (χ3n) is 3.19. The van der Waals surface area contributed by atoms with Gasteiger partial charge in [0, 0.05) is 16.6 Å². The zero-order valence-corrected chi connectivity index (χ0v) is 14.1. The van der Waals surface area contributed by atoms with Crippen LogP contribution >= 0.6 is 11.8 Å². The van der Waals surface area contributed by atoms with E-state index in [1.165, 1.54) is 0 Å². The predicted octanol–water partition coefficient (Wildman–Crippen LogP) is 2.42. The Kier molecular flexibility index (Phi) is 4.07. The number of thioether (sulfide) groups is 1. The van der Waals surface area contributed by atoms with Crippen LogP contribution in [0.5, 0.6) is 5.75 Å². The summed E-state index contributed by atoms with van der Waals surface area (Å²) in [5.41, 5.74) is 1.92. The van der Waals surface area contributed by atoms with E-state index >= 15 is 0 Å². The number of aryl methyl sites for hydroxylation is 1. The Labute approximate surface area is 137 Å². The zero-order valence-electron chi connectivity index (χ0n) is 12.5. The quantitative estimate of drug-likeness (QED) is 0.850. The predicted molar refractivity (Wildman–Crippen MR) is 88.4 cm³/mol. The van der Waals surface area contributed by atoms with E-state index in [-0.39, 0.29) is 16.9 Å². The van der Waals surface area contributed by atoms with Crippen molar-refractivity contribution in [2.24, 2.45) is 4.40 Å². The number of fused-ring (bicyclic) bond motifs is 1. The minimum Gasteiger partial charge on any atom is -0.462 e. The lowest BCUT2D eigenvalue weighted by atomic mass is 10.1. The fourth-order valence-electron chi connectivity index (χ4n) is 2.28. The molecule has 0 fully saturated rings. The Balaban J connectivity index is 1.98. The summed E-state index contributed by atoms with van der Waals surface area (Å²) in [4.78, 5) is 15.2. The van der Waals surface area contributed by atoms with Crippen LogP contribution in [0, 0.1) is 6.92 Å². The number of aromatic amines is 1. The smallest absolute Gasteiger partial charge is 0.340 e. The molecule has 0 unspecified atom stereocenters. The molecule has 122 valence electrons. The molecule has 1 aliphatic heterocycles. The maximum absolute atomic E-state index is 12.1. The van der Waals surface area contributed by atoms with Crippen LogP contribution in [0.15, 0.2) is 22.6 Å². The normalized spacial score (nSPS) is 16.3. The largest absolute Gasteiger partial charge is 0.462 e. The first-order valence-electron chi connectivity index (χ1n) is 6.82. The second-order valence-electron chi connectivity index (χ2n) is 4.86. The molecule has 0 saturated carbocycles. The van der Waals surface area contributed by atoms with Gasteiger partial charge >= 0.3 is 5.97 Å². The molecule has 1 aliphatic rings. The standard InChI is InChI=1S/C14H14N2O5S2/c1-3-20-13(17)12-8(2)15-11-5-4-9(6-10(11)12)21-14-16-23(18,19)7-22-14/h4-6,15H,3,7H2,1-2H3. The van der Waals surface area contributed by atoms with E-state index in [1.807, 2.05) is 0 Å². The molecule has 1 aromatic heterocycles. The van der Waals surface area contributed by atoms with Gasteiger partial charge in [-0.1, -0.05) is 0 Å². The highest BCUT2D eigenvalue weighted by molar-refractivity contribution is 8.24. The number of sulfonamides is 1. The van der Waals surface area contributed by atoms with Gasteiger partial charge in [-0.25, -0.2) is 13.2 Å². The van der Waals surface area contributed by atoms with Crippen LogP contribution in [0.4, 0.5) is 0 Å². The van der Waals surface area contributed by atoms with Gasteiger partial charge < -0.3 is 14.5 Å². The van der Waals surface area contributed by atoms with Crippen LogP contribution in [0.2, 0.25) is 0 Å². The minimum absolute atomic E-state index is 0.0780. The SMILES string of the molecule is CCOC(=O)c1c(C)[nH]c2ccc(OC3=NS(=O)(=O)CS3)cc12. The Hall–Kier alpha value is -2.00. The lowest BCUT2D eigenvalue weighted by molar-refractivity contribution is 0.0528. The van der Waals surface area contributed by atoms with Gasteiger partial charge in [-0.3, -0.25) is 0 Å². The average molecular weight is 354 g/mol. The first-order chi connectivity index (χ1) is 10.9. The molecular weight excluding hydrogens is 340 g/mol.